The maximum atomic E-state index is 5.67. The Morgan fingerprint density at radius 2 is 1.90 bits per heavy atom. The highest BCUT2D eigenvalue weighted by molar-refractivity contribution is 7.21. The van der Waals surface area contributed by atoms with E-state index in [1.165, 1.54) is 16.7 Å². The number of hydrogen-bond acceptors (Lipinski definition) is 5. The Bertz CT molecular complexity index is 1120. The normalized spacial score (nSPS) is 18.9. The molecular formula is C26H27N3OS. The first-order valence-electron chi connectivity index (χ1n) is 10.9. The fraction of sp³-hybridized carbons (Fsp3) is 0.269. The van der Waals surface area contributed by atoms with Crippen LogP contribution in [0.25, 0.3) is 20.8 Å². The molecule has 1 aliphatic rings. The van der Waals surface area contributed by atoms with Gasteiger partial charge in [0, 0.05) is 29.8 Å². The first-order valence-corrected chi connectivity index (χ1v) is 11.7. The summed E-state index contributed by atoms with van der Waals surface area (Å²) < 4.78 is 6.89. The largest absolute Gasteiger partial charge is 0.496 e. The lowest BCUT2D eigenvalue weighted by Crippen LogP contribution is -2.45. The van der Waals surface area contributed by atoms with Gasteiger partial charge < -0.3 is 15.4 Å². The summed E-state index contributed by atoms with van der Waals surface area (Å²) in [4.78, 5) is 4.83. The van der Waals surface area contributed by atoms with Gasteiger partial charge in [-0.1, -0.05) is 42.5 Å². The van der Waals surface area contributed by atoms with E-state index in [1.54, 1.807) is 18.4 Å². The van der Waals surface area contributed by atoms with Crippen LogP contribution in [0.5, 0.6) is 5.75 Å². The van der Waals surface area contributed by atoms with Gasteiger partial charge in [0.2, 0.25) is 0 Å². The number of nitrogens with zero attached hydrogens (tertiary/aromatic N) is 1. The van der Waals surface area contributed by atoms with E-state index in [-0.39, 0.29) is 0 Å². The fourth-order valence-electron chi connectivity index (χ4n) is 4.41. The van der Waals surface area contributed by atoms with Crippen molar-refractivity contribution in [1.29, 1.82) is 0 Å². The average Bonchev–Trinajstić information content (AvgIpc) is 3.28. The van der Waals surface area contributed by atoms with Gasteiger partial charge in [-0.3, -0.25) is 0 Å². The number of rotatable bonds is 6. The Hall–Kier alpha value is -2.73. The molecule has 5 heteroatoms. The van der Waals surface area contributed by atoms with Gasteiger partial charge >= 0.3 is 0 Å². The molecule has 4 nitrogen and oxygen atoms in total. The minimum Gasteiger partial charge on any atom is -0.496 e. The summed E-state index contributed by atoms with van der Waals surface area (Å²) in [6, 6.07) is 26.1. The number of thiazole rings is 1. The Kier molecular flexibility index (Phi) is 5.98. The molecule has 0 radical (unpaired) electrons. The van der Waals surface area contributed by atoms with E-state index in [0.717, 1.165) is 46.9 Å². The number of fused-ring (bicyclic) bond motifs is 1. The summed E-state index contributed by atoms with van der Waals surface area (Å²) in [6.45, 7) is 1.83. The van der Waals surface area contributed by atoms with Crippen LogP contribution < -0.4 is 15.4 Å². The Labute approximate surface area is 187 Å². The molecule has 1 aromatic heterocycles. The lowest BCUT2D eigenvalue weighted by Gasteiger charge is -2.34. The second-order valence-electron chi connectivity index (χ2n) is 7.99. The summed E-state index contributed by atoms with van der Waals surface area (Å²) >= 11 is 1.73. The minimum absolute atomic E-state index is 0.327. The topological polar surface area (TPSA) is 46.2 Å². The summed E-state index contributed by atoms with van der Waals surface area (Å²) in [7, 11) is 1.74. The molecular weight excluding hydrogens is 402 g/mol. The zero-order chi connectivity index (χ0) is 21.0. The van der Waals surface area contributed by atoms with Crippen molar-refractivity contribution in [2.75, 3.05) is 13.7 Å². The van der Waals surface area contributed by atoms with Gasteiger partial charge in [0.1, 0.15) is 10.8 Å². The Balaban J connectivity index is 1.38. The van der Waals surface area contributed by atoms with Crippen molar-refractivity contribution in [1.82, 2.24) is 15.6 Å². The minimum atomic E-state index is 0.327. The SMILES string of the molecule is COc1ccc(-c2nc3ccccc3s2)cc1CNC1CCCNC1c1ccccc1. The molecule has 4 aromatic rings. The summed E-state index contributed by atoms with van der Waals surface area (Å²) in [5, 5.41) is 8.56. The van der Waals surface area contributed by atoms with E-state index in [4.69, 9.17) is 9.72 Å². The maximum Gasteiger partial charge on any atom is 0.124 e. The highest BCUT2D eigenvalue weighted by Crippen LogP contribution is 2.33. The van der Waals surface area contributed by atoms with Crippen LogP contribution in [0.15, 0.2) is 72.8 Å². The molecule has 1 aliphatic heterocycles. The molecule has 5 rings (SSSR count). The lowest BCUT2D eigenvalue weighted by atomic mass is 9.92. The van der Waals surface area contributed by atoms with Crippen LogP contribution in [0.3, 0.4) is 0 Å². The van der Waals surface area contributed by atoms with E-state index in [2.05, 4.69) is 77.4 Å². The number of para-hydroxylation sites is 1. The van der Waals surface area contributed by atoms with Crippen LogP contribution in [-0.4, -0.2) is 24.7 Å². The molecule has 31 heavy (non-hydrogen) atoms. The van der Waals surface area contributed by atoms with Crippen LogP contribution in [0.1, 0.15) is 30.0 Å². The van der Waals surface area contributed by atoms with E-state index >= 15 is 0 Å². The van der Waals surface area contributed by atoms with Crippen molar-refractivity contribution < 1.29 is 4.74 Å². The zero-order valence-electron chi connectivity index (χ0n) is 17.7. The molecule has 158 valence electrons. The quantitative estimate of drug-likeness (QED) is 0.422. The predicted molar refractivity (Wildman–Crippen MR) is 129 cm³/mol. The van der Waals surface area contributed by atoms with E-state index in [9.17, 15) is 0 Å². The average molecular weight is 430 g/mol. The van der Waals surface area contributed by atoms with Crippen LogP contribution >= 0.6 is 11.3 Å². The van der Waals surface area contributed by atoms with Gasteiger partial charge in [-0.25, -0.2) is 4.98 Å². The van der Waals surface area contributed by atoms with Crippen LogP contribution in [0, 0.1) is 0 Å². The lowest BCUT2D eigenvalue weighted by molar-refractivity contribution is 0.303. The molecule has 2 heterocycles. The van der Waals surface area contributed by atoms with Crippen LogP contribution in [0.2, 0.25) is 0 Å². The van der Waals surface area contributed by atoms with Gasteiger partial charge in [0.05, 0.1) is 17.3 Å². The monoisotopic (exact) mass is 429 g/mol. The zero-order valence-corrected chi connectivity index (χ0v) is 18.5. The summed E-state index contributed by atoms with van der Waals surface area (Å²) in [5.74, 6) is 0.914. The van der Waals surface area contributed by atoms with Gasteiger partial charge in [-0.2, -0.15) is 0 Å². The first-order chi connectivity index (χ1) is 15.3. The second kappa shape index (κ2) is 9.18. The molecule has 3 aromatic carbocycles. The standard InChI is InChI=1S/C26H27N3OS/c1-30-23-14-13-19(26-29-21-10-5-6-12-24(21)31-26)16-20(23)17-28-22-11-7-15-27-25(22)18-8-3-2-4-9-18/h2-6,8-10,12-14,16,22,25,27-28H,7,11,15,17H2,1H3. The Morgan fingerprint density at radius 1 is 1.06 bits per heavy atom. The third-order valence-corrected chi connectivity index (χ3v) is 7.08. The van der Waals surface area contributed by atoms with E-state index in [0.29, 0.717) is 12.1 Å². The number of aromatic nitrogens is 1. The van der Waals surface area contributed by atoms with Gasteiger partial charge in [-0.15, -0.1) is 11.3 Å². The number of nitrogens with one attached hydrogen (secondary N) is 2. The maximum absolute atomic E-state index is 5.67. The second-order valence-corrected chi connectivity index (χ2v) is 9.02. The predicted octanol–water partition coefficient (Wildman–Crippen LogP) is 5.55. The molecule has 0 aliphatic carbocycles. The van der Waals surface area contributed by atoms with E-state index < -0.39 is 0 Å². The Morgan fingerprint density at radius 3 is 2.74 bits per heavy atom. The van der Waals surface area contributed by atoms with Gasteiger partial charge in [0.25, 0.3) is 0 Å². The summed E-state index contributed by atoms with van der Waals surface area (Å²) in [5.41, 5.74) is 4.70. The highest BCUT2D eigenvalue weighted by Gasteiger charge is 2.25. The van der Waals surface area contributed by atoms with Crippen molar-refractivity contribution in [3.8, 4) is 16.3 Å². The number of benzene rings is 3. The van der Waals surface area contributed by atoms with Crippen molar-refractivity contribution in [2.45, 2.75) is 31.5 Å². The van der Waals surface area contributed by atoms with Crippen molar-refractivity contribution in [3.63, 3.8) is 0 Å². The molecule has 0 amide bonds. The van der Waals surface area contributed by atoms with E-state index in [1.807, 2.05) is 6.07 Å². The molecule has 0 saturated carbocycles. The van der Waals surface area contributed by atoms with Crippen molar-refractivity contribution in [2.24, 2.45) is 0 Å². The molecule has 0 bridgehead atoms. The van der Waals surface area contributed by atoms with Crippen molar-refractivity contribution >= 4 is 21.6 Å². The molecule has 2 unspecified atom stereocenters. The number of methoxy groups -OCH3 is 1. The fourth-order valence-corrected chi connectivity index (χ4v) is 5.37. The van der Waals surface area contributed by atoms with Gasteiger partial charge in [-0.05, 0) is 55.3 Å². The van der Waals surface area contributed by atoms with Crippen LogP contribution in [0.4, 0.5) is 0 Å². The molecule has 1 fully saturated rings. The molecule has 2 atom stereocenters. The molecule has 0 spiro atoms. The third kappa shape index (κ3) is 4.35. The molecule has 2 N–H and O–H groups in total. The van der Waals surface area contributed by atoms with Crippen LogP contribution in [-0.2, 0) is 6.54 Å². The van der Waals surface area contributed by atoms with Gasteiger partial charge in [0.15, 0.2) is 0 Å². The third-order valence-electron chi connectivity index (χ3n) is 5.99. The van der Waals surface area contributed by atoms with Crippen molar-refractivity contribution in [3.05, 3.63) is 83.9 Å². The molecule has 1 saturated heterocycles. The smallest absolute Gasteiger partial charge is 0.124 e. The highest BCUT2D eigenvalue weighted by atomic mass is 32.1. The summed E-state index contributed by atoms with van der Waals surface area (Å²) in [6.07, 6.45) is 2.34. The first kappa shape index (κ1) is 20.2. The number of ether oxygens (including phenoxy) is 1. The number of piperidine rings is 1. The number of hydrogen-bond donors (Lipinski definition) is 2.